The van der Waals surface area contributed by atoms with Crippen LogP contribution in [0.4, 0.5) is 0 Å². The molecule has 0 radical (unpaired) electrons. The molecule has 0 heterocycles. The summed E-state index contributed by atoms with van der Waals surface area (Å²) in [4.78, 5) is 0. The summed E-state index contributed by atoms with van der Waals surface area (Å²) >= 11 is 0. The largest absolute Gasteiger partial charge is 0.393 e. The van der Waals surface area contributed by atoms with E-state index in [1.807, 2.05) is 0 Å². The summed E-state index contributed by atoms with van der Waals surface area (Å²) in [6.45, 7) is 6.77. The number of rotatable bonds is 16. The third-order valence-electron chi connectivity index (χ3n) is 4.52. The second-order valence-corrected chi connectivity index (χ2v) is 6.86. The maximum Gasteiger partial charge on any atom is 0.0540 e. The molecule has 0 bridgehead atoms. The molecular formula is C21H42O. The van der Waals surface area contributed by atoms with E-state index in [1.165, 1.54) is 83.5 Å². The molecule has 1 nitrogen and oxygen atoms in total. The molecule has 0 aromatic rings. The number of hydrogen-bond acceptors (Lipinski definition) is 1. The first-order valence-electron chi connectivity index (χ1n) is 10.1. The summed E-state index contributed by atoms with van der Waals surface area (Å²) in [6.07, 6.45) is 21.0. The number of hydrogen-bond donors (Lipinski definition) is 1. The normalized spacial score (nSPS) is 13.5. The molecule has 0 amide bonds. The van der Waals surface area contributed by atoms with E-state index in [1.54, 1.807) is 5.57 Å². The fraction of sp³-hybridized carbons (Fsp3) is 0.905. The van der Waals surface area contributed by atoms with Crippen molar-refractivity contribution in [3.05, 3.63) is 11.6 Å². The molecule has 0 aliphatic carbocycles. The van der Waals surface area contributed by atoms with Gasteiger partial charge in [-0.1, -0.05) is 77.4 Å². The first-order chi connectivity index (χ1) is 10.7. The maximum absolute atomic E-state index is 10.0. The molecule has 22 heavy (non-hydrogen) atoms. The van der Waals surface area contributed by atoms with Gasteiger partial charge in [-0.2, -0.15) is 0 Å². The van der Waals surface area contributed by atoms with Crippen LogP contribution in [0.25, 0.3) is 0 Å². The quantitative estimate of drug-likeness (QED) is 0.236. The zero-order chi connectivity index (χ0) is 16.5. The summed E-state index contributed by atoms with van der Waals surface area (Å²) < 4.78 is 0. The average Bonchev–Trinajstić information content (AvgIpc) is 2.51. The number of aliphatic hydroxyl groups excluding tert-OH is 1. The highest BCUT2D eigenvalue weighted by atomic mass is 16.3. The van der Waals surface area contributed by atoms with Gasteiger partial charge in [0.2, 0.25) is 0 Å². The summed E-state index contributed by atoms with van der Waals surface area (Å²) in [6, 6.07) is 0. The maximum atomic E-state index is 10.0. The van der Waals surface area contributed by atoms with Gasteiger partial charge in [-0.05, 0) is 51.4 Å². The Morgan fingerprint density at radius 1 is 0.727 bits per heavy atom. The summed E-state index contributed by atoms with van der Waals surface area (Å²) in [5.74, 6) is 0. The van der Waals surface area contributed by atoms with Crippen LogP contribution in [-0.2, 0) is 0 Å². The molecule has 132 valence electrons. The van der Waals surface area contributed by atoms with Crippen molar-refractivity contribution in [2.45, 2.75) is 123 Å². The lowest BCUT2D eigenvalue weighted by atomic mass is 9.97. The highest BCUT2D eigenvalue weighted by Crippen LogP contribution is 2.19. The first-order valence-corrected chi connectivity index (χ1v) is 10.1. The van der Waals surface area contributed by atoms with Gasteiger partial charge in [0.1, 0.15) is 0 Å². The van der Waals surface area contributed by atoms with Crippen molar-refractivity contribution in [2.75, 3.05) is 0 Å². The minimum atomic E-state index is -0.0662. The molecule has 0 fully saturated rings. The van der Waals surface area contributed by atoms with Gasteiger partial charge in [-0.3, -0.25) is 0 Å². The van der Waals surface area contributed by atoms with Crippen molar-refractivity contribution in [3.8, 4) is 0 Å². The van der Waals surface area contributed by atoms with Crippen LogP contribution in [0, 0.1) is 0 Å². The minimum absolute atomic E-state index is 0.0662. The lowest BCUT2D eigenvalue weighted by Gasteiger charge is -2.12. The van der Waals surface area contributed by atoms with Crippen LogP contribution < -0.4 is 0 Å². The standard InChI is InChI=1S/C21H42O/c1-4-7-10-13-16-20(15-11-8-5-2)17-14-19-21(22)18-12-9-6-3/h16,21-22H,4-15,17-19H2,1-3H3/b20-16+. The predicted molar refractivity (Wildman–Crippen MR) is 100 cm³/mol. The van der Waals surface area contributed by atoms with Gasteiger partial charge in [0.05, 0.1) is 6.10 Å². The Morgan fingerprint density at radius 2 is 1.27 bits per heavy atom. The third kappa shape index (κ3) is 14.6. The van der Waals surface area contributed by atoms with Crippen LogP contribution in [0.3, 0.4) is 0 Å². The topological polar surface area (TPSA) is 20.2 Å². The van der Waals surface area contributed by atoms with E-state index in [-0.39, 0.29) is 6.10 Å². The fourth-order valence-corrected chi connectivity index (χ4v) is 2.97. The Balaban J connectivity index is 3.94. The van der Waals surface area contributed by atoms with Gasteiger partial charge in [-0.15, -0.1) is 0 Å². The van der Waals surface area contributed by atoms with Crippen molar-refractivity contribution >= 4 is 0 Å². The second-order valence-electron chi connectivity index (χ2n) is 6.86. The molecule has 1 unspecified atom stereocenters. The second kappa shape index (κ2) is 17.1. The molecule has 0 saturated heterocycles. The molecule has 0 aromatic carbocycles. The highest BCUT2D eigenvalue weighted by molar-refractivity contribution is 5.02. The fourth-order valence-electron chi connectivity index (χ4n) is 2.97. The van der Waals surface area contributed by atoms with Crippen LogP contribution >= 0.6 is 0 Å². The number of unbranched alkanes of at least 4 members (excludes halogenated alkanes) is 7. The predicted octanol–water partition coefficient (Wildman–Crippen LogP) is 7.18. The van der Waals surface area contributed by atoms with Gasteiger partial charge in [0, 0.05) is 0 Å². The van der Waals surface area contributed by atoms with Gasteiger partial charge < -0.3 is 5.11 Å². The highest BCUT2D eigenvalue weighted by Gasteiger charge is 2.05. The first kappa shape index (κ1) is 21.7. The van der Waals surface area contributed by atoms with Gasteiger partial charge in [0.15, 0.2) is 0 Å². The van der Waals surface area contributed by atoms with E-state index < -0.39 is 0 Å². The van der Waals surface area contributed by atoms with Gasteiger partial charge in [0.25, 0.3) is 0 Å². The van der Waals surface area contributed by atoms with E-state index >= 15 is 0 Å². The molecule has 1 atom stereocenters. The Kier molecular flexibility index (Phi) is 16.8. The Morgan fingerprint density at radius 3 is 1.95 bits per heavy atom. The Bertz CT molecular complexity index is 244. The van der Waals surface area contributed by atoms with E-state index in [2.05, 4.69) is 26.8 Å². The summed E-state index contributed by atoms with van der Waals surface area (Å²) in [5, 5.41) is 10.0. The molecule has 1 N–H and O–H groups in total. The minimum Gasteiger partial charge on any atom is -0.393 e. The molecule has 0 aliphatic heterocycles. The third-order valence-corrected chi connectivity index (χ3v) is 4.52. The van der Waals surface area contributed by atoms with Crippen molar-refractivity contribution in [1.82, 2.24) is 0 Å². The van der Waals surface area contributed by atoms with Gasteiger partial charge >= 0.3 is 0 Å². The number of aliphatic hydroxyl groups is 1. The van der Waals surface area contributed by atoms with E-state index in [4.69, 9.17) is 0 Å². The van der Waals surface area contributed by atoms with Crippen molar-refractivity contribution in [2.24, 2.45) is 0 Å². The Labute approximate surface area is 140 Å². The van der Waals surface area contributed by atoms with E-state index in [9.17, 15) is 5.11 Å². The van der Waals surface area contributed by atoms with Crippen LogP contribution in [0.2, 0.25) is 0 Å². The summed E-state index contributed by atoms with van der Waals surface area (Å²) in [5.41, 5.74) is 1.66. The number of allylic oxidation sites excluding steroid dienone is 2. The zero-order valence-corrected chi connectivity index (χ0v) is 15.7. The van der Waals surface area contributed by atoms with E-state index in [0.717, 1.165) is 12.8 Å². The van der Waals surface area contributed by atoms with Crippen LogP contribution in [-0.4, -0.2) is 11.2 Å². The molecule has 1 heteroatoms. The summed E-state index contributed by atoms with van der Waals surface area (Å²) in [7, 11) is 0. The van der Waals surface area contributed by atoms with E-state index in [0.29, 0.717) is 0 Å². The average molecular weight is 311 g/mol. The lowest BCUT2D eigenvalue weighted by Crippen LogP contribution is -2.06. The van der Waals surface area contributed by atoms with Crippen LogP contribution in [0.5, 0.6) is 0 Å². The molecule has 0 spiro atoms. The molecule has 0 aliphatic rings. The monoisotopic (exact) mass is 310 g/mol. The van der Waals surface area contributed by atoms with Crippen LogP contribution in [0.15, 0.2) is 11.6 Å². The van der Waals surface area contributed by atoms with Crippen molar-refractivity contribution in [1.29, 1.82) is 0 Å². The lowest BCUT2D eigenvalue weighted by molar-refractivity contribution is 0.148. The molecule has 0 aromatic heterocycles. The molecule has 0 saturated carbocycles. The molecule has 0 rings (SSSR count). The van der Waals surface area contributed by atoms with Crippen LogP contribution in [0.1, 0.15) is 117 Å². The molecular weight excluding hydrogens is 268 g/mol. The zero-order valence-electron chi connectivity index (χ0n) is 15.7. The van der Waals surface area contributed by atoms with Gasteiger partial charge in [-0.25, -0.2) is 0 Å². The van der Waals surface area contributed by atoms with Crippen molar-refractivity contribution in [3.63, 3.8) is 0 Å². The SMILES string of the molecule is CCCCC/C=C(\CCCCC)CCCC(O)CCCCC. The Hall–Kier alpha value is -0.300. The van der Waals surface area contributed by atoms with Crippen molar-refractivity contribution < 1.29 is 5.11 Å². The smallest absolute Gasteiger partial charge is 0.0540 e.